The summed E-state index contributed by atoms with van der Waals surface area (Å²) in [6.07, 6.45) is 0. The Labute approximate surface area is 304 Å². The van der Waals surface area contributed by atoms with Crippen LogP contribution in [0.4, 0.5) is 0 Å². The van der Waals surface area contributed by atoms with Gasteiger partial charge in [0, 0.05) is 43.9 Å². The molecule has 0 amide bonds. The topological polar surface area (TPSA) is 56.7 Å². The van der Waals surface area contributed by atoms with Gasteiger partial charge in [0.15, 0.2) is 17.5 Å². The van der Waals surface area contributed by atoms with Crippen LogP contribution in [0.2, 0.25) is 0 Å². The second-order valence-corrected chi connectivity index (χ2v) is 11.6. The van der Waals surface area contributed by atoms with E-state index in [9.17, 15) is 4.11 Å². The first-order chi connectivity index (χ1) is 29.8. The van der Waals surface area contributed by atoms with Gasteiger partial charge in [0.25, 0.3) is 0 Å². The number of aromatic nitrogens is 4. The number of hydrogen-bond acceptors (Lipinski definition) is 4. The Morgan fingerprint density at radius 3 is 1.90 bits per heavy atom. The number of hydrogen-bond donors (Lipinski definition) is 0. The van der Waals surface area contributed by atoms with E-state index in [-0.39, 0.29) is 44.8 Å². The number of benzene rings is 7. The molecule has 234 valence electrons. The van der Waals surface area contributed by atoms with Gasteiger partial charge in [-0.1, -0.05) is 115 Å². The molecule has 0 fully saturated rings. The monoisotopic (exact) mass is 652 g/mol. The van der Waals surface area contributed by atoms with Gasteiger partial charge < -0.3 is 8.98 Å². The molecule has 10 rings (SSSR count). The number of para-hydroxylation sites is 3. The molecule has 0 saturated heterocycles. The first-order valence-corrected chi connectivity index (χ1v) is 15.7. The number of fused-ring (bicyclic) bond motifs is 6. The van der Waals surface area contributed by atoms with Crippen molar-refractivity contribution in [3.63, 3.8) is 0 Å². The largest absolute Gasteiger partial charge is 0.456 e. The summed E-state index contributed by atoms with van der Waals surface area (Å²) in [7, 11) is 0. The van der Waals surface area contributed by atoms with E-state index >= 15 is 0 Å². The summed E-state index contributed by atoms with van der Waals surface area (Å²) in [5.74, 6) is 0.133. The van der Waals surface area contributed by atoms with Crippen LogP contribution in [0.25, 0.3) is 94.7 Å². The van der Waals surface area contributed by atoms with E-state index in [1.54, 1.807) is 6.07 Å². The highest BCUT2D eigenvalue weighted by atomic mass is 16.3. The van der Waals surface area contributed by atoms with Crippen LogP contribution in [0, 0.1) is 0 Å². The molecule has 0 aliphatic heterocycles. The minimum absolute atomic E-state index is 0.147. The summed E-state index contributed by atoms with van der Waals surface area (Å²) < 4.78 is 114. The first kappa shape index (κ1) is 18.6. The third-order valence-corrected chi connectivity index (χ3v) is 8.61. The van der Waals surface area contributed by atoms with Crippen molar-refractivity contribution in [1.29, 1.82) is 0 Å². The van der Waals surface area contributed by atoms with Crippen LogP contribution in [-0.4, -0.2) is 19.5 Å². The fourth-order valence-corrected chi connectivity index (χ4v) is 6.26. The summed E-state index contributed by atoms with van der Waals surface area (Å²) >= 11 is 0. The molecule has 0 saturated carbocycles. The second-order valence-electron chi connectivity index (χ2n) is 11.6. The van der Waals surface area contributed by atoms with E-state index in [4.69, 9.17) is 31.7 Å². The number of furan rings is 1. The molecule has 0 spiro atoms. The van der Waals surface area contributed by atoms with Crippen molar-refractivity contribution in [3.05, 3.63) is 170 Å². The lowest BCUT2D eigenvalue weighted by atomic mass is 10.0. The molecular weight excluding hydrogens is 613 g/mol. The molecule has 10 aromatic rings. The van der Waals surface area contributed by atoms with Gasteiger partial charge in [-0.2, -0.15) is 0 Å². The Morgan fingerprint density at radius 1 is 0.440 bits per heavy atom. The maximum absolute atomic E-state index is 9.75. The lowest BCUT2D eigenvalue weighted by Gasteiger charge is -2.10. The summed E-state index contributed by atoms with van der Waals surface area (Å²) in [6, 6.07) is 22.5. The molecule has 0 unspecified atom stereocenters. The summed E-state index contributed by atoms with van der Waals surface area (Å²) in [5.41, 5.74) is 2.82. The molecular formula is C45H28N4O. The van der Waals surface area contributed by atoms with Crippen LogP contribution in [0.15, 0.2) is 174 Å². The fourth-order valence-electron chi connectivity index (χ4n) is 6.26. The Balaban J connectivity index is 1.28. The van der Waals surface area contributed by atoms with Crippen LogP contribution in [0.5, 0.6) is 0 Å². The standard InChI is InChI=1S/C45H28N4O/c1-3-11-29(12-4-1)30-19-21-31(22-20-30)43-46-44(48-45(47-43)33-23-25-37-36-16-8-10-18-41(36)50-42(37)28-33)32-24-26-40-38(27-32)35-15-7-9-17-39(35)49(40)34-13-5-2-6-14-34/h1-28H/i2D,5D,6D,7D,9D,13D,14D,15D,17D,24D,26D,27D. The zero-order valence-corrected chi connectivity index (χ0v) is 25.9. The SMILES string of the molecule is [2H]c1c([2H])c([2H])c(-n2c3c([2H])c([2H])c([2H])c([2H])c3c3c([2H])c(-c4nc(-c5ccc(-c6ccccc6)cc5)nc(-c5ccc6c(c5)oc5ccccc56)n4)c([2H])c([2H])c32)c([2H])c1[2H]. The third kappa shape index (κ3) is 4.67. The van der Waals surface area contributed by atoms with E-state index in [2.05, 4.69) is 0 Å². The predicted octanol–water partition coefficient (Wildman–Crippen LogP) is 11.5. The molecule has 0 aliphatic carbocycles. The van der Waals surface area contributed by atoms with Crippen molar-refractivity contribution in [2.45, 2.75) is 0 Å². The molecule has 50 heavy (non-hydrogen) atoms. The normalized spacial score (nSPS) is 15.0. The van der Waals surface area contributed by atoms with Gasteiger partial charge >= 0.3 is 0 Å². The Hall–Kier alpha value is -6.85. The van der Waals surface area contributed by atoms with Gasteiger partial charge in [-0.05, 0) is 65.6 Å². The van der Waals surface area contributed by atoms with E-state index in [1.165, 1.54) is 0 Å². The summed E-state index contributed by atoms with van der Waals surface area (Å²) in [5, 5.41) is 1.30. The van der Waals surface area contributed by atoms with E-state index < -0.39 is 78.2 Å². The average Bonchev–Trinajstić information content (AvgIpc) is 3.85. The maximum atomic E-state index is 9.75. The van der Waals surface area contributed by atoms with Crippen molar-refractivity contribution in [1.82, 2.24) is 19.5 Å². The average molecular weight is 653 g/mol. The van der Waals surface area contributed by atoms with Gasteiger partial charge in [-0.3, -0.25) is 0 Å². The zero-order chi connectivity index (χ0) is 43.5. The highest BCUT2D eigenvalue weighted by Gasteiger charge is 2.17. The minimum Gasteiger partial charge on any atom is -0.456 e. The Morgan fingerprint density at radius 2 is 1.06 bits per heavy atom. The molecule has 0 aliphatic rings. The molecule has 7 aromatic carbocycles. The van der Waals surface area contributed by atoms with Crippen molar-refractivity contribution < 1.29 is 20.9 Å². The van der Waals surface area contributed by atoms with E-state index in [0.29, 0.717) is 22.3 Å². The Bertz CT molecular complexity index is 3520. The van der Waals surface area contributed by atoms with E-state index in [0.717, 1.165) is 26.5 Å². The lowest BCUT2D eigenvalue weighted by molar-refractivity contribution is 0.669. The van der Waals surface area contributed by atoms with E-state index in [1.807, 2.05) is 91.0 Å². The van der Waals surface area contributed by atoms with Crippen molar-refractivity contribution in [2.75, 3.05) is 0 Å². The minimum atomic E-state index is -0.722. The molecule has 0 bridgehead atoms. The van der Waals surface area contributed by atoms with Crippen LogP contribution >= 0.6 is 0 Å². The quantitative estimate of drug-likeness (QED) is 0.186. The molecule has 3 heterocycles. The highest BCUT2D eigenvalue weighted by molar-refractivity contribution is 6.10. The second kappa shape index (κ2) is 11.4. The number of rotatable bonds is 5. The maximum Gasteiger partial charge on any atom is 0.164 e. The van der Waals surface area contributed by atoms with Crippen LogP contribution in [0.1, 0.15) is 16.4 Å². The summed E-state index contributed by atoms with van der Waals surface area (Å²) in [4.78, 5) is 14.4. The van der Waals surface area contributed by atoms with Gasteiger partial charge in [0.1, 0.15) is 11.2 Å². The van der Waals surface area contributed by atoms with Crippen molar-refractivity contribution >= 4 is 43.7 Å². The molecule has 5 heteroatoms. The predicted molar refractivity (Wildman–Crippen MR) is 203 cm³/mol. The fraction of sp³-hybridized carbons (Fsp3) is 0. The molecule has 3 aromatic heterocycles. The van der Waals surface area contributed by atoms with Crippen LogP contribution in [0.3, 0.4) is 0 Å². The van der Waals surface area contributed by atoms with Gasteiger partial charge in [-0.25, -0.2) is 15.0 Å². The van der Waals surface area contributed by atoms with Gasteiger partial charge in [0.05, 0.1) is 27.5 Å². The van der Waals surface area contributed by atoms with Crippen LogP contribution < -0.4 is 0 Å². The third-order valence-electron chi connectivity index (χ3n) is 8.61. The number of nitrogens with zero attached hydrogens (tertiary/aromatic N) is 4. The van der Waals surface area contributed by atoms with Crippen molar-refractivity contribution in [2.24, 2.45) is 0 Å². The molecule has 0 N–H and O–H groups in total. The smallest absolute Gasteiger partial charge is 0.164 e. The molecule has 5 nitrogen and oxygen atoms in total. The summed E-state index contributed by atoms with van der Waals surface area (Å²) in [6.45, 7) is 0. The Kier molecular flexibility index (Phi) is 4.24. The zero-order valence-electron chi connectivity index (χ0n) is 37.9. The molecule has 0 atom stereocenters. The highest BCUT2D eigenvalue weighted by Crippen LogP contribution is 2.36. The first-order valence-electron chi connectivity index (χ1n) is 21.7. The van der Waals surface area contributed by atoms with Crippen molar-refractivity contribution in [3.8, 4) is 51.0 Å². The van der Waals surface area contributed by atoms with Gasteiger partial charge in [0.2, 0.25) is 0 Å². The van der Waals surface area contributed by atoms with Crippen LogP contribution in [-0.2, 0) is 0 Å². The molecule has 0 radical (unpaired) electrons. The lowest BCUT2D eigenvalue weighted by Crippen LogP contribution is -2.00. The van der Waals surface area contributed by atoms with Gasteiger partial charge in [-0.15, -0.1) is 0 Å².